The third-order valence-corrected chi connectivity index (χ3v) is 7.25. The highest BCUT2D eigenvalue weighted by atomic mass is 79.9. The maximum Gasteiger partial charge on any atom is 0.264 e. The van der Waals surface area contributed by atoms with E-state index in [4.69, 9.17) is 4.74 Å². The molecule has 160 valence electrons. The van der Waals surface area contributed by atoms with Gasteiger partial charge in [0.15, 0.2) is 6.61 Å². The maximum atomic E-state index is 12.6. The van der Waals surface area contributed by atoms with E-state index in [-0.39, 0.29) is 17.4 Å². The Balaban J connectivity index is 1.38. The summed E-state index contributed by atoms with van der Waals surface area (Å²) < 4.78 is 35.1. The van der Waals surface area contributed by atoms with Gasteiger partial charge in [-0.2, -0.15) is 0 Å². The molecule has 0 bridgehead atoms. The fraction of sp³-hybridized carbons (Fsp3) is 0.136. The van der Waals surface area contributed by atoms with Gasteiger partial charge < -0.3 is 9.64 Å². The molecular weight excluding hydrogens is 548 g/mol. The first-order valence-corrected chi connectivity index (χ1v) is 12.5. The summed E-state index contributed by atoms with van der Waals surface area (Å²) in [7, 11) is -3.72. The van der Waals surface area contributed by atoms with Crippen molar-refractivity contribution < 1.29 is 17.9 Å². The predicted octanol–water partition coefficient (Wildman–Crippen LogP) is 4.98. The van der Waals surface area contributed by atoms with Crippen LogP contribution >= 0.6 is 31.9 Å². The Morgan fingerprint density at radius 1 is 0.968 bits per heavy atom. The average molecular weight is 566 g/mol. The number of amides is 1. The summed E-state index contributed by atoms with van der Waals surface area (Å²) in [6.45, 7) is 0.492. The van der Waals surface area contributed by atoms with Gasteiger partial charge in [-0.15, -0.1) is 0 Å². The number of fused-ring (bicyclic) bond motifs is 1. The van der Waals surface area contributed by atoms with Crippen LogP contribution < -0.4 is 14.4 Å². The highest BCUT2D eigenvalue weighted by Crippen LogP contribution is 2.30. The second kappa shape index (κ2) is 9.02. The number of halogens is 2. The number of nitrogens with one attached hydrogen (secondary N) is 1. The molecule has 1 heterocycles. The quantitative estimate of drug-likeness (QED) is 0.457. The van der Waals surface area contributed by atoms with Crippen LogP contribution in [0, 0.1) is 0 Å². The number of carbonyl (C=O) groups is 1. The summed E-state index contributed by atoms with van der Waals surface area (Å²) in [5.41, 5.74) is 2.49. The second-order valence-corrected chi connectivity index (χ2v) is 10.5. The normalized spacial score (nSPS) is 13.0. The zero-order valence-electron chi connectivity index (χ0n) is 16.2. The lowest BCUT2D eigenvalue weighted by atomic mass is 10.2. The first-order valence-electron chi connectivity index (χ1n) is 9.42. The molecule has 0 saturated carbocycles. The van der Waals surface area contributed by atoms with Gasteiger partial charge in [0.1, 0.15) is 5.75 Å². The standard InChI is InChI=1S/C22H18Br2N2O4S/c23-16-1-4-18(5-2-16)25-31(28,29)20-8-6-19(7-9-20)30-14-22(27)26-12-11-15-13-17(24)3-10-21(15)26/h1-10,13,25H,11-12,14H2. The third-order valence-electron chi connectivity index (χ3n) is 4.83. The lowest BCUT2D eigenvalue weighted by Gasteiger charge is -2.17. The number of hydrogen-bond donors (Lipinski definition) is 1. The summed E-state index contributed by atoms with van der Waals surface area (Å²) in [6.07, 6.45) is 0.804. The van der Waals surface area contributed by atoms with E-state index in [2.05, 4.69) is 36.6 Å². The SMILES string of the molecule is O=C(COc1ccc(S(=O)(=O)Nc2ccc(Br)cc2)cc1)N1CCc2cc(Br)ccc21. The van der Waals surface area contributed by atoms with Gasteiger partial charge in [0.05, 0.1) is 4.90 Å². The number of rotatable bonds is 6. The largest absolute Gasteiger partial charge is 0.484 e. The van der Waals surface area contributed by atoms with Crippen LogP contribution in [-0.2, 0) is 21.2 Å². The number of ether oxygens (including phenoxy) is 1. The van der Waals surface area contributed by atoms with Crippen molar-refractivity contribution in [1.82, 2.24) is 0 Å². The van der Waals surface area contributed by atoms with Crippen LogP contribution in [0.25, 0.3) is 0 Å². The molecule has 0 aliphatic carbocycles. The summed E-state index contributed by atoms with van der Waals surface area (Å²) in [5.74, 6) is 0.279. The summed E-state index contributed by atoms with van der Waals surface area (Å²) in [6, 6.07) is 18.7. The van der Waals surface area contributed by atoms with E-state index >= 15 is 0 Å². The van der Waals surface area contributed by atoms with Crippen LogP contribution in [-0.4, -0.2) is 27.5 Å². The first-order chi connectivity index (χ1) is 14.8. The van der Waals surface area contributed by atoms with E-state index < -0.39 is 10.0 Å². The lowest BCUT2D eigenvalue weighted by Crippen LogP contribution is -2.33. The molecule has 1 amide bonds. The molecule has 3 aromatic carbocycles. The van der Waals surface area contributed by atoms with Gasteiger partial charge in [-0.3, -0.25) is 9.52 Å². The molecule has 4 rings (SSSR count). The van der Waals surface area contributed by atoms with Gasteiger partial charge in [-0.25, -0.2) is 8.42 Å². The van der Waals surface area contributed by atoms with Crippen molar-refractivity contribution in [2.45, 2.75) is 11.3 Å². The van der Waals surface area contributed by atoms with Crippen molar-refractivity contribution in [3.63, 3.8) is 0 Å². The molecule has 0 radical (unpaired) electrons. The number of carbonyl (C=O) groups excluding carboxylic acids is 1. The summed E-state index contributed by atoms with van der Waals surface area (Å²) >= 11 is 6.76. The summed E-state index contributed by atoms with van der Waals surface area (Å²) in [4.78, 5) is 14.4. The fourth-order valence-electron chi connectivity index (χ4n) is 3.30. The number of benzene rings is 3. The highest BCUT2D eigenvalue weighted by Gasteiger charge is 2.25. The first kappa shape index (κ1) is 21.9. The Bertz CT molecular complexity index is 1210. The van der Waals surface area contributed by atoms with Gasteiger partial charge in [0, 0.05) is 26.9 Å². The number of anilines is 2. The van der Waals surface area contributed by atoms with Crippen LogP contribution in [0.5, 0.6) is 5.75 Å². The molecule has 0 unspecified atom stereocenters. The van der Waals surface area contributed by atoms with E-state index in [1.54, 1.807) is 41.3 Å². The van der Waals surface area contributed by atoms with Gasteiger partial charge in [0.25, 0.3) is 15.9 Å². The maximum absolute atomic E-state index is 12.6. The highest BCUT2D eigenvalue weighted by molar-refractivity contribution is 9.10. The topological polar surface area (TPSA) is 75.7 Å². The predicted molar refractivity (Wildman–Crippen MR) is 127 cm³/mol. The van der Waals surface area contributed by atoms with Crippen molar-refractivity contribution in [2.24, 2.45) is 0 Å². The van der Waals surface area contributed by atoms with Gasteiger partial charge in [-0.05, 0) is 78.7 Å². The smallest absolute Gasteiger partial charge is 0.264 e. The number of hydrogen-bond acceptors (Lipinski definition) is 4. The monoisotopic (exact) mass is 564 g/mol. The van der Waals surface area contributed by atoms with Crippen LogP contribution in [0.4, 0.5) is 11.4 Å². The van der Waals surface area contributed by atoms with Crippen LogP contribution in [0.1, 0.15) is 5.56 Å². The second-order valence-electron chi connectivity index (χ2n) is 6.94. The lowest BCUT2D eigenvalue weighted by molar-refractivity contribution is -0.120. The zero-order valence-corrected chi connectivity index (χ0v) is 20.2. The molecule has 1 aliphatic rings. The molecule has 9 heteroatoms. The minimum absolute atomic E-state index is 0.105. The minimum atomic E-state index is -3.72. The summed E-state index contributed by atoms with van der Waals surface area (Å²) in [5, 5.41) is 0. The Morgan fingerprint density at radius 2 is 1.65 bits per heavy atom. The van der Waals surface area contributed by atoms with Crippen molar-refractivity contribution >= 4 is 59.2 Å². The van der Waals surface area contributed by atoms with Crippen molar-refractivity contribution in [3.8, 4) is 5.75 Å². The molecule has 31 heavy (non-hydrogen) atoms. The van der Waals surface area contributed by atoms with Crippen molar-refractivity contribution in [1.29, 1.82) is 0 Å². The van der Waals surface area contributed by atoms with Crippen molar-refractivity contribution in [2.75, 3.05) is 22.8 Å². The van der Waals surface area contributed by atoms with E-state index in [1.807, 2.05) is 18.2 Å². The third kappa shape index (κ3) is 5.11. The van der Waals surface area contributed by atoms with Gasteiger partial charge in [0.2, 0.25) is 0 Å². The molecule has 0 saturated heterocycles. The van der Waals surface area contributed by atoms with Gasteiger partial charge in [-0.1, -0.05) is 31.9 Å². The van der Waals surface area contributed by atoms with E-state index in [9.17, 15) is 13.2 Å². The molecule has 1 aliphatic heterocycles. The van der Waals surface area contributed by atoms with Crippen LogP contribution in [0.3, 0.4) is 0 Å². The average Bonchev–Trinajstić information content (AvgIpc) is 3.17. The Labute approximate surface area is 197 Å². The fourth-order valence-corrected chi connectivity index (χ4v) is 5.03. The van der Waals surface area contributed by atoms with E-state index in [1.165, 1.54) is 12.1 Å². The van der Waals surface area contributed by atoms with Crippen molar-refractivity contribution in [3.05, 3.63) is 81.2 Å². The molecule has 0 fully saturated rings. The molecule has 0 atom stereocenters. The molecular formula is C22H18Br2N2O4S. The van der Waals surface area contributed by atoms with Gasteiger partial charge >= 0.3 is 0 Å². The molecule has 1 N–H and O–H groups in total. The van der Waals surface area contributed by atoms with E-state index in [0.29, 0.717) is 18.0 Å². The van der Waals surface area contributed by atoms with E-state index in [0.717, 1.165) is 26.6 Å². The Kier molecular flexibility index (Phi) is 6.36. The molecule has 6 nitrogen and oxygen atoms in total. The number of sulfonamides is 1. The Hall–Kier alpha value is -2.36. The molecule has 0 spiro atoms. The molecule has 0 aromatic heterocycles. The Morgan fingerprint density at radius 3 is 2.35 bits per heavy atom. The molecule has 3 aromatic rings. The van der Waals surface area contributed by atoms with Crippen LogP contribution in [0.15, 0.2) is 80.6 Å². The zero-order chi connectivity index (χ0) is 22.0. The minimum Gasteiger partial charge on any atom is -0.484 e. The van der Waals surface area contributed by atoms with Crippen LogP contribution in [0.2, 0.25) is 0 Å². The number of nitrogens with zero attached hydrogens (tertiary/aromatic N) is 1.